The smallest absolute Gasteiger partial charge is 0.0600 e. The minimum Gasteiger partial charge on any atom is -0.299 e. The molecular weight excluding hydrogens is 226 g/mol. The summed E-state index contributed by atoms with van der Waals surface area (Å²) in [4.78, 5) is 2.05. The second kappa shape index (κ2) is 5.06. The van der Waals surface area contributed by atoms with Crippen molar-refractivity contribution in [3.8, 4) is 11.8 Å². The molecule has 1 nitrogen and oxygen atoms in total. The van der Waals surface area contributed by atoms with E-state index in [9.17, 15) is 0 Å². The van der Waals surface area contributed by atoms with E-state index in [1.165, 1.54) is 0 Å². The van der Waals surface area contributed by atoms with Gasteiger partial charge < -0.3 is 0 Å². The maximum absolute atomic E-state index is 3.38. The molecule has 0 heterocycles. The topological polar surface area (TPSA) is 3.24 Å². The van der Waals surface area contributed by atoms with Gasteiger partial charge in [0, 0.05) is 10.0 Å². The Bertz CT molecular complexity index is 316. The number of benzene rings is 1. The van der Waals surface area contributed by atoms with Crippen LogP contribution in [-0.2, 0) is 0 Å². The third-order valence-electron chi connectivity index (χ3n) is 1.47. The normalized spacial score (nSPS) is 9.54. The SMILES string of the molecule is CN(C)CC#Cc1ccc(Br)cc1. The Morgan fingerprint density at radius 2 is 1.85 bits per heavy atom. The number of nitrogens with zero attached hydrogens (tertiary/aromatic N) is 1. The number of halogens is 1. The fraction of sp³-hybridized carbons (Fsp3) is 0.273. The highest BCUT2D eigenvalue weighted by atomic mass is 79.9. The fourth-order valence-corrected chi connectivity index (χ4v) is 1.10. The molecule has 0 radical (unpaired) electrons. The summed E-state index contributed by atoms with van der Waals surface area (Å²) in [7, 11) is 4.02. The molecule has 0 aliphatic carbocycles. The zero-order valence-corrected chi connectivity index (χ0v) is 9.43. The van der Waals surface area contributed by atoms with E-state index in [0.29, 0.717) is 0 Å². The largest absolute Gasteiger partial charge is 0.299 e. The van der Waals surface area contributed by atoms with Crippen molar-refractivity contribution in [1.29, 1.82) is 0 Å². The van der Waals surface area contributed by atoms with E-state index in [1.807, 2.05) is 43.3 Å². The summed E-state index contributed by atoms with van der Waals surface area (Å²) in [5.41, 5.74) is 1.06. The van der Waals surface area contributed by atoms with E-state index >= 15 is 0 Å². The number of rotatable bonds is 1. The van der Waals surface area contributed by atoms with E-state index in [-0.39, 0.29) is 0 Å². The first-order valence-corrected chi connectivity index (χ1v) is 4.87. The minimum atomic E-state index is 0.802. The van der Waals surface area contributed by atoms with Gasteiger partial charge in [-0.05, 0) is 38.4 Å². The summed E-state index contributed by atoms with van der Waals surface area (Å²) in [5.74, 6) is 6.17. The second-order valence-corrected chi connectivity index (χ2v) is 3.96. The Labute approximate surface area is 87.9 Å². The van der Waals surface area contributed by atoms with Crippen molar-refractivity contribution in [3.63, 3.8) is 0 Å². The monoisotopic (exact) mass is 237 g/mol. The van der Waals surface area contributed by atoms with Gasteiger partial charge in [0.15, 0.2) is 0 Å². The molecule has 0 spiro atoms. The highest BCUT2D eigenvalue weighted by molar-refractivity contribution is 9.10. The van der Waals surface area contributed by atoms with Gasteiger partial charge in [-0.15, -0.1) is 0 Å². The van der Waals surface area contributed by atoms with Crippen LogP contribution in [0.15, 0.2) is 28.7 Å². The second-order valence-electron chi connectivity index (χ2n) is 3.05. The van der Waals surface area contributed by atoms with Crippen molar-refractivity contribution in [1.82, 2.24) is 4.90 Å². The molecular formula is C11H12BrN. The van der Waals surface area contributed by atoms with Gasteiger partial charge in [-0.2, -0.15) is 0 Å². The van der Waals surface area contributed by atoms with Crippen molar-refractivity contribution >= 4 is 15.9 Å². The van der Waals surface area contributed by atoms with Crippen LogP contribution in [0.3, 0.4) is 0 Å². The van der Waals surface area contributed by atoms with E-state index in [0.717, 1.165) is 16.6 Å². The Kier molecular flexibility index (Phi) is 4.01. The predicted molar refractivity (Wildman–Crippen MR) is 59.6 cm³/mol. The lowest BCUT2D eigenvalue weighted by molar-refractivity contribution is 0.464. The standard InChI is InChI=1S/C11H12BrN/c1-13(2)9-3-4-10-5-7-11(12)8-6-10/h5-8H,9H2,1-2H3. The lowest BCUT2D eigenvalue weighted by Crippen LogP contribution is -2.10. The zero-order valence-electron chi connectivity index (χ0n) is 7.84. The Balaban J connectivity index is 2.62. The third kappa shape index (κ3) is 4.12. The molecule has 1 aromatic carbocycles. The number of hydrogen-bond acceptors (Lipinski definition) is 1. The quantitative estimate of drug-likeness (QED) is 0.679. The maximum atomic E-state index is 3.38. The van der Waals surface area contributed by atoms with Gasteiger partial charge in [-0.25, -0.2) is 0 Å². The first-order valence-electron chi connectivity index (χ1n) is 4.07. The average Bonchev–Trinajstić information content (AvgIpc) is 2.08. The zero-order chi connectivity index (χ0) is 9.68. The molecule has 0 aliphatic rings. The summed E-state index contributed by atoms with van der Waals surface area (Å²) in [6, 6.07) is 8.01. The maximum Gasteiger partial charge on any atom is 0.0600 e. The molecule has 1 rings (SSSR count). The molecule has 0 aromatic heterocycles. The minimum absolute atomic E-state index is 0.802. The molecule has 0 unspecified atom stereocenters. The predicted octanol–water partition coefficient (Wildman–Crippen LogP) is 2.36. The van der Waals surface area contributed by atoms with Crippen molar-refractivity contribution in [2.45, 2.75) is 0 Å². The van der Waals surface area contributed by atoms with Gasteiger partial charge in [0.05, 0.1) is 6.54 Å². The van der Waals surface area contributed by atoms with Crippen molar-refractivity contribution in [2.24, 2.45) is 0 Å². The van der Waals surface area contributed by atoms with Crippen LogP contribution in [-0.4, -0.2) is 25.5 Å². The van der Waals surface area contributed by atoms with Crippen LogP contribution in [0.25, 0.3) is 0 Å². The van der Waals surface area contributed by atoms with Crippen LogP contribution < -0.4 is 0 Å². The first kappa shape index (κ1) is 10.3. The lowest BCUT2D eigenvalue weighted by atomic mass is 10.2. The third-order valence-corrected chi connectivity index (χ3v) is 2.00. The summed E-state index contributed by atoms with van der Waals surface area (Å²) in [5, 5.41) is 0. The van der Waals surface area contributed by atoms with Crippen LogP contribution in [0.4, 0.5) is 0 Å². The molecule has 0 atom stereocenters. The summed E-state index contributed by atoms with van der Waals surface area (Å²) in [6.45, 7) is 0.802. The van der Waals surface area contributed by atoms with Gasteiger partial charge in [0.2, 0.25) is 0 Å². The first-order chi connectivity index (χ1) is 6.18. The summed E-state index contributed by atoms with van der Waals surface area (Å²) < 4.78 is 1.09. The van der Waals surface area contributed by atoms with Gasteiger partial charge in [0.25, 0.3) is 0 Å². The summed E-state index contributed by atoms with van der Waals surface area (Å²) >= 11 is 3.38. The molecule has 1 aromatic rings. The molecule has 0 fully saturated rings. The molecule has 0 saturated heterocycles. The van der Waals surface area contributed by atoms with E-state index in [1.54, 1.807) is 0 Å². The van der Waals surface area contributed by atoms with Crippen LogP contribution in [0.1, 0.15) is 5.56 Å². The lowest BCUT2D eigenvalue weighted by Gasteiger charge is -2.00. The van der Waals surface area contributed by atoms with Gasteiger partial charge in [0.1, 0.15) is 0 Å². The highest BCUT2D eigenvalue weighted by Crippen LogP contribution is 2.09. The van der Waals surface area contributed by atoms with Gasteiger partial charge in [-0.3, -0.25) is 4.90 Å². The fourth-order valence-electron chi connectivity index (χ4n) is 0.833. The number of hydrogen-bond donors (Lipinski definition) is 0. The Hall–Kier alpha value is -0.780. The molecule has 68 valence electrons. The highest BCUT2D eigenvalue weighted by Gasteiger charge is 1.86. The summed E-state index contributed by atoms with van der Waals surface area (Å²) in [6.07, 6.45) is 0. The van der Waals surface area contributed by atoms with Gasteiger partial charge in [-0.1, -0.05) is 27.8 Å². The molecule has 0 N–H and O–H groups in total. The van der Waals surface area contributed by atoms with Crippen molar-refractivity contribution < 1.29 is 0 Å². The van der Waals surface area contributed by atoms with E-state index in [4.69, 9.17) is 0 Å². The molecule has 13 heavy (non-hydrogen) atoms. The van der Waals surface area contributed by atoms with Crippen molar-refractivity contribution in [2.75, 3.05) is 20.6 Å². The van der Waals surface area contributed by atoms with Crippen LogP contribution in [0, 0.1) is 11.8 Å². The molecule has 0 saturated carbocycles. The Morgan fingerprint density at radius 3 is 2.38 bits per heavy atom. The Morgan fingerprint density at radius 1 is 1.23 bits per heavy atom. The molecule has 0 bridgehead atoms. The van der Waals surface area contributed by atoms with Crippen LogP contribution >= 0.6 is 15.9 Å². The van der Waals surface area contributed by atoms with E-state index in [2.05, 4.69) is 27.8 Å². The van der Waals surface area contributed by atoms with Gasteiger partial charge >= 0.3 is 0 Å². The van der Waals surface area contributed by atoms with E-state index < -0.39 is 0 Å². The molecule has 2 heteroatoms. The van der Waals surface area contributed by atoms with Crippen molar-refractivity contribution in [3.05, 3.63) is 34.3 Å². The molecule has 0 amide bonds. The average molecular weight is 238 g/mol. The van der Waals surface area contributed by atoms with Crippen LogP contribution in [0.5, 0.6) is 0 Å². The van der Waals surface area contributed by atoms with Crippen LogP contribution in [0.2, 0.25) is 0 Å². The molecule has 0 aliphatic heterocycles.